The third kappa shape index (κ3) is 3.91. The summed E-state index contributed by atoms with van der Waals surface area (Å²) < 4.78 is 31.6. The van der Waals surface area contributed by atoms with Crippen LogP contribution in [0.25, 0.3) is 0 Å². The van der Waals surface area contributed by atoms with Crippen LogP contribution < -0.4 is 5.32 Å². The molecular formula is C16H17F2NO4. The van der Waals surface area contributed by atoms with E-state index in [1.165, 1.54) is 6.07 Å². The van der Waals surface area contributed by atoms with Crippen LogP contribution in [0.15, 0.2) is 18.2 Å². The van der Waals surface area contributed by atoms with Crippen molar-refractivity contribution in [2.24, 2.45) is 5.92 Å². The number of hydrogen-bond acceptors (Lipinski definition) is 4. The molecule has 0 bridgehead atoms. The largest absolute Gasteiger partial charge is 0.467 e. The van der Waals surface area contributed by atoms with Crippen molar-refractivity contribution in [2.75, 3.05) is 7.11 Å². The van der Waals surface area contributed by atoms with Crippen LogP contribution in [0.1, 0.15) is 36.0 Å². The molecule has 124 valence electrons. The van der Waals surface area contributed by atoms with E-state index in [4.69, 9.17) is 0 Å². The van der Waals surface area contributed by atoms with Gasteiger partial charge in [0.05, 0.1) is 12.7 Å². The van der Waals surface area contributed by atoms with Crippen molar-refractivity contribution < 1.29 is 27.9 Å². The van der Waals surface area contributed by atoms with Crippen molar-refractivity contribution >= 4 is 17.7 Å². The van der Waals surface area contributed by atoms with Gasteiger partial charge in [0, 0.05) is 12.8 Å². The normalized spacial score (nSPS) is 19.1. The number of ketones is 1. The molecule has 23 heavy (non-hydrogen) atoms. The predicted octanol–water partition coefficient (Wildman–Crippen LogP) is 2.00. The summed E-state index contributed by atoms with van der Waals surface area (Å²) in [5, 5.41) is 2.37. The van der Waals surface area contributed by atoms with Gasteiger partial charge in [-0.15, -0.1) is 0 Å². The average Bonchev–Trinajstić information content (AvgIpc) is 2.54. The predicted molar refractivity (Wildman–Crippen MR) is 76.6 cm³/mol. The fraction of sp³-hybridized carbons (Fsp3) is 0.438. The highest BCUT2D eigenvalue weighted by molar-refractivity contribution is 5.97. The lowest BCUT2D eigenvalue weighted by molar-refractivity contribution is -0.145. The zero-order valence-corrected chi connectivity index (χ0v) is 12.6. The maximum Gasteiger partial charge on any atom is 0.328 e. The summed E-state index contributed by atoms with van der Waals surface area (Å²) in [5.74, 6) is -4.48. The van der Waals surface area contributed by atoms with E-state index < -0.39 is 41.0 Å². The Kier molecular flexibility index (Phi) is 5.41. The van der Waals surface area contributed by atoms with Gasteiger partial charge in [0.25, 0.3) is 5.91 Å². The Bertz CT molecular complexity index is 633. The van der Waals surface area contributed by atoms with Crippen LogP contribution in [0.4, 0.5) is 8.78 Å². The molecule has 1 fully saturated rings. The molecule has 0 aliphatic heterocycles. The van der Waals surface area contributed by atoms with E-state index in [1.54, 1.807) is 0 Å². The highest BCUT2D eigenvalue weighted by atomic mass is 19.2. The Morgan fingerprint density at radius 2 is 2.09 bits per heavy atom. The molecule has 1 aliphatic carbocycles. The molecule has 1 amide bonds. The highest BCUT2D eigenvalue weighted by Gasteiger charge is 2.34. The van der Waals surface area contributed by atoms with Crippen LogP contribution in [0, 0.1) is 17.6 Å². The van der Waals surface area contributed by atoms with Crippen LogP contribution in [0.2, 0.25) is 0 Å². The summed E-state index contributed by atoms with van der Waals surface area (Å²) in [4.78, 5) is 35.7. The van der Waals surface area contributed by atoms with Crippen molar-refractivity contribution in [1.82, 2.24) is 5.32 Å². The second-order valence-electron chi connectivity index (χ2n) is 5.47. The van der Waals surface area contributed by atoms with Gasteiger partial charge < -0.3 is 10.1 Å². The number of esters is 1. The van der Waals surface area contributed by atoms with Crippen molar-refractivity contribution in [1.29, 1.82) is 0 Å². The molecular weight excluding hydrogens is 308 g/mol. The number of hydrogen-bond donors (Lipinski definition) is 1. The minimum absolute atomic E-state index is 0.00124. The molecule has 0 radical (unpaired) electrons. The lowest BCUT2D eigenvalue weighted by atomic mass is 9.83. The van der Waals surface area contributed by atoms with Gasteiger partial charge >= 0.3 is 5.97 Å². The first-order valence-corrected chi connectivity index (χ1v) is 7.28. The molecule has 1 saturated carbocycles. The molecule has 0 heterocycles. The Morgan fingerprint density at radius 3 is 2.74 bits per heavy atom. The Hall–Kier alpha value is -2.31. The van der Waals surface area contributed by atoms with Gasteiger partial charge in [0.2, 0.25) is 0 Å². The topological polar surface area (TPSA) is 72.5 Å². The molecule has 2 atom stereocenters. The fourth-order valence-electron chi connectivity index (χ4n) is 2.74. The molecule has 1 aromatic carbocycles. The second-order valence-corrected chi connectivity index (χ2v) is 5.47. The van der Waals surface area contributed by atoms with E-state index in [9.17, 15) is 23.2 Å². The minimum atomic E-state index is -1.28. The van der Waals surface area contributed by atoms with E-state index in [0.29, 0.717) is 19.3 Å². The maximum absolute atomic E-state index is 13.7. The number of methoxy groups -OCH3 is 1. The summed E-state index contributed by atoms with van der Waals surface area (Å²) in [6, 6.07) is 2.14. The first kappa shape index (κ1) is 17.1. The molecule has 1 aliphatic rings. The lowest BCUT2D eigenvalue weighted by Gasteiger charge is -2.28. The number of ether oxygens (including phenoxy) is 1. The zero-order chi connectivity index (χ0) is 17.0. The van der Waals surface area contributed by atoms with Gasteiger partial charge in [0.1, 0.15) is 11.8 Å². The quantitative estimate of drug-likeness (QED) is 0.860. The van der Waals surface area contributed by atoms with Crippen LogP contribution in [0.5, 0.6) is 0 Å². The van der Waals surface area contributed by atoms with Crippen molar-refractivity contribution in [3.63, 3.8) is 0 Å². The Labute approximate surface area is 132 Å². The summed E-state index contributed by atoms with van der Waals surface area (Å²) in [7, 11) is 1.16. The summed E-state index contributed by atoms with van der Waals surface area (Å²) in [6.45, 7) is 0. The van der Waals surface area contributed by atoms with Crippen LogP contribution >= 0.6 is 0 Å². The summed E-state index contributed by atoms with van der Waals surface area (Å²) >= 11 is 0. The van der Waals surface area contributed by atoms with Crippen LogP contribution in [-0.4, -0.2) is 30.8 Å². The zero-order valence-electron chi connectivity index (χ0n) is 12.6. The van der Waals surface area contributed by atoms with Crippen molar-refractivity contribution in [3.8, 4) is 0 Å². The first-order valence-electron chi connectivity index (χ1n) is 7.28. The lowest BCUT2D eigenvalue weighted by Crippen LogP contribution is -2.48. The highest BCUT2D eigenvalue weighted by Crippen LogP contribution is 2.25. The van der Waals surface area contributed by atoms with Crippen molar-refractivity contribution in [2.45, 2.75) is 31.7 Å². The van der Waals surface area contributed by atoms with E-state index in [2.05, 4.69) is 10.1 Å². The van der Waals surface area contributed by atoms with Gasteiger partial charge in [-0.05, 0) is 30.9 Å². The number of nitrogens with one attached hydrogen (secondary N) is 1. The van der Waals surface area contributed by atoms with E-state index in [1.807, 2.05) is 0 Å². The Balaban J connectivity index is 2.20. The standard InChI is InChI=1S/C16H17F2NO4/c1-23-16(22)14(9-4-2-5-10(20)8-9)19-15(21)11-6-3-7-12(17)13(11)18/h3,6-7,9,14H,2,4-5,8H2,1H3,(H,19,21)/t9-,14+/m0/s1. The summed E-state index contributed by atoms with van der Waals surface area (Å²) in [6.07, 6.45) is 1.77. The molecule has 1 aromatic rings. The van der Waals surface area contributed by atoms with E-state index in [-0.39, 0.29) is 12.2 Å². The summed E-state index contributed by atoms with van der Waals surface area (Å²) in [5.41, 5.74) is -0.499. The third-order valence-corrected chi connectivity index (χ3v) is 3.93. The maximum atomic E-state index is 13.7. The van der Waals surface area contributed by atoms with Gasteiger partial charge in [-0.1, -0.05) is 6.07 Å². The average molecular weight is 325 g/mol. The number of Topliss-reactive ketones (excluding diaryl/α,β-unsaturated/α-hetero) is 1. The van der Waals surface area contributed by atoms with Gasteiger partial charge in [-0.3, -0.25) is 9.59 Å². The molecule has 0 aromatic heterocycles. The molecule has 0 saturated heterocycles. The SMILES string of the molecule is COC(=O)[C@H](NC(=O)c1cccc(F)c1F)[C@H]1CCCC(=O)C1. The molecule has 2 rings (SSSR count). The fourth-order valence-corrected chi connectivity index (χ4v) is 2.74. The van der Waals surface area contributed by atoms with Gasteiger partial charge in [-0.2, -0.15) is 0 Å². The Morgan fingerprint density at radius 1 is 1.35 bits per heavy atom. The van der Waals surface area contributed by atoms with E-state index >= 15 is 0 Å². The number of benzene rings is 1. The number of carbonyl (C=O) groups excluding carboxylic acids is 3. The van der Waals surface area contributed by atoms with Crippen LogP contribution in [0.3, 0.4) is 0 Å². The number of amides is 1. The minimum Gasteiger partial charge on any atom is -0.467 e. The van der Waals surface area contributed by atoms with Crippen molar-refractivity contribution in [3.05, 3.63) is 35.4 Å². The van der Waals surface area contributed by atoms with Gasteiger partial charge in [-0.25, -0.2) is 13.6 Å². The first-order chi connectivity index (χ1) is 10.9. The molecule has 1 N–H and O–H groups in total. The van der Waals surface area contributed by atoms with Crippen LogP contribution in [-0.2, 0) is 14.3 Å². The van der Waals surface area contributed by atoms with Gasteiger partial charge in [0.15, 0.2) is 11.6 Å². The number of halogens is 2. The number of rotatable bonds is 4. The molecule has 5 nitrogen and oxygen atoms in total. The smallest absolute Gasteiger partial charge is 0.328 e. The number of carbonyl (C=O) groups is 3. The molecule has 0 spiro atoms. The monoisotopic (exact) mass is 325 g/mol. The molecule has 0 unspecified atom stereocenters. The second kappa shape index (κ2) is 7.30. The third-order valence-electron chi connectivity index (χ3n) is 3.93. The van der Waals surface area contributed by atoms with E-state index in [0.717, 1.165) is 19.2 Å². The molecule has 7 heteroatoms.